The number of pyridine rings is 1. The van der Waals surface area contributed by atoms with E-state index >= 15 is 0 Å². The molecule has 0 unspecified atom stereocenters. The zero-order valence-corrected chi connectivity index (χ0v) is 18.7. The van der Waals surface area contributed by atoms with Crippen molar-refractivity contribution < 1.29 is 4.79 Å². The number of hydrogen-bond acceptors (Lipinski definition) is 4. The number of aromatic nitrogens is 2. The van der Waals surface area contributed by atoms with Gasteiger partial charge in [0, 0.05) is 26.4 Å². The van der Waals surface area contributed by atoms with Gasteiger partial charge in [-0.3, -0.25) is 10.1 Å². The number of para-hydroxylation sites is 1. The first-order valence-electron chi connectivity index (χ1n) is 10.1. The molecule has 0 saturated heterocycles. The summed E-state index contributed by atoms with van der Waals surface area (Å²) in [7, 11) is 0. The van der Waals surface area contributed by atoms with Gasteiger partial charge in [0.1, 0.15) is 0 Å². The number of aryl methyl sites for hydroxylation is 1. The summed E-state index contributed by atoms with van der Waals surface area (Å²) in [5.74, 6) is -0.216. The van der Waals surface area contributed by atoms with Gasteiger partial charge in [-0.1, -0.05) is 72.3 Å². The number of carbonyl (C=O) groups is 1. The maximum absolute atomic E-state index is 13.3. The van der Waals surface area contributed by atoms with Crippen LogP contribution in [-0.4, -0.2) is 15.9 Å². The first kappa shape index (κ1) is 20.4. The van der Waals surface area contributed by atoms with E-state index in [1.807, 2.05) is 91.9 Å². The quantitative estimate of drug-likeness (QED) is 0.310. The highest BCUT2D eigenvalue weighted by Gasteiger charge is 2.17. The van der Waals surface area contributed by atoms with Crippen LogP contribution in [0.2, 0.25) is 5.02 Å². The summed E-state index contributed by atoms with van der Waals surface area (Å²) in [6, 6.07) is 26.9. The van der Waals surface area contributed by atoms with E-state index in [0.717, 1.165) is 32.6 Å². The fourth-order valence-electron chi connectivity index (χ4n) is 3.61. The summed E-state index contributed by atoms with van der Waals surface area (Å²) in [6.07, 6.45) is 0. The second kappa shape index (κ2) is 8.54. The molecule has 3 aromatic carbocycles. The van der Waals surface area contributed by atoms with Gasteiger partial charge in [-0.05, 0) is 31.2 Å². The highest BCUT2D eigenvalue weighted by atomic mass is 35.5. The molecule has 0 bridgehead atoms. The summed E-state index contributed by atoms with van der Waals surface area (Å²) in [5, 5.41) is 5.00. The monoisotopic (exact) mass is 455 g/mol. The fourth-order valence-corrected chi connectivity index (χ4v) is 4.57. The van der Waals surface area contributed by atoms with Gasteiger partial charge in [0.05, 0.1) is 22.5 Å². The predicted molar refractivity (Wildman–Crippen MR) is 132 cm³/mol. The summed E-state index contributed by atoms with van der Waals surface area (Å²) in [6.45, 7) is 2.01. The number of benzene rings is 3. The molecule has 0 aliphatic heterocycles. The molecule has 1 N–H and O–H groups in total. The highest BCUT2D eigenvalue weighted by Crippen LogP contribution is 2.31. The molecule has 1 amide bonds. The molecule has 0 saturated carbocycles. The smallest absolute Gasteiger partial charge is 0.258 e. The zero-order chi connectivity index (χ0) is 22.1. The first-order valence-corrected chi connectivity index (χ1v) is 11.3. The highest BCUT2D eigenvalue weighted by molar-refractivity contribution is 7.16. The molecule has 0 radical (unpaired) electrons. The maximum atomic E-state index is 13.3. The molecule has 0 aliphatic carbocycles. The molecule has 0 aliphatic rings. The Bertz CT molecular complexity index is 1430. The van der Waals surface area contributed by atoms with Crippen molar-refractivity contribution in [2.45, 2.75) is 6.92 Å². The zero-order valence-electron chi connectivity index (χ0n) is 17.2. The number of fused-ring (bicyclic) bond motifs is 1. The largest absolute Gasteiger partial charge is 0.298 e. The van der Waals surface area contributed by atoms with E-state index in [9.17, 15) is 4.79 Å². The van der Waals surface area contributed by atoms with Gasteiger partial charge in [-0.25, -0.2) is 9.97 Å². The van der Waals surface area contributed by atoms with E-state index in [2.05, 4.69) is 10.3 Å². The van der Waals surface area contributed by atoms with Crippen molar-refractivity contribution in [3.63, 3.8) is 0 Å². The Balaban J connectivity index is 1.53. The Morgan fingerprint density at radius 3 is 2.38 bits per heavy atom. The number of nitrogens with zero attached hydrogens (tertiary/aromatic N) is 2. The van der Waals surface area contributed by atoms with Crippen LogP contribution in [0.15, 0.2) is 84.9 Å². The van der Waals surface area contributed by atoms with Gasteiger partial charge >= 0.3 is 0 Å². The lowest BCUT2D eigenvalue weighted by Gasteiger charge is -2.10. The third-order valence-corrected chi connectivity index (χ3v) is 6.30. The minimum atomic E-state index is -0.216. The van der Waals surface area contributed by atoms with Crippen LogP contribution in [0.3, 0.4) is 0 Å². The number of amides is 1. The van der Waals surface area contributed by atoms with E-state index in [4.69, 9.17) is 16.6 Å². The van der Waals surface area contributed by atoms with Crippen LogP contribution < -0.4 is 5.32 Å². The fraction of sp³-hybridized carbons (Fsp3) is 0.0385. The average molecular weight is 456 g/mol. The lowest BCUT2D eigenvalue weighted by atomic mass is 10.0. The number of thiazole rings is 1. The van der Waals surface area contributed by atoms with Gasteiger partial charge in [-0.15, -0.1) is 11.3 Å². The standard InChI is InChI=1S/C26H18ClN3OS/c1-16-24(18-7-3-2-4-8-18)29-26(32-16)30-25(31)21-15-23(17-11-13-19(27)14-12-17)28-22-10-6-5-9-20(21)22/h2-15H,1H3,(H,29,30,31). The van der Waals surface area contributed by atoms with Crippen LogP contribution in [0.5, 0.6) is 0 Å². The lowest BCUT2D eigenvalue weighted by molar-refractivity contribution is 0.102. The van der Waals surface area contributed by atoms with Crippen LogP contribution in [0.4, 0.5) is 5.13 Å². The van der Waals surface area contributed by atoms with Gasteiger partial charge in [-0.2, -0.15) is 0 Å². The number of hydrogen-bond donors (Lipinski definition) is 1. The molecular weight excluding hydrogens is 438 g/mol. The molecule has 156 valence electrons. The summed E-state index contributed by atoms with van der Waals surface area (Å²) in [5.41, 5.74) is 4.82. The molecule has 0 fully saturated rings. The third kappa shape index (κ3) is 4.00. The molecule has 4 nitrogen and oxygen atoms in total. The first-order chi connectivity index (χ1) is 15.6. The van der Waals surface area contributed by atoms with Crippen LogP contribution in [0.1, 0.15) is 15.2 Å². The number of nitrogens with one attached hydrogen (secondary N) is 1. The number of anilines is 1. The summed E-state index contributed by atoms with van der Waals surface area (Å²) >= 11 is 7.50. The van der Waals surface area contributed by atoms with E-state index in [1.54, 1.807) is 0 Å². The lowest BCUT2D eigenvalue weighted by Crippen LogP contribution is -2.13. The van der Waals surface area contributed by atoms with Gasteiger partial charge < -0.3 is 0 Å². The Hall–Kier alpha value is -3.54. The SMILES string of the molecule is Cc1sc(NC(=O)c2cc(-c3ccc(Cl)cc3)nc3ccccc23)nc1-c1ccccc1. The summed E-state index contributed by atoms with van der Waals surface area (Å²) < 4.78 is 0. The Labute approximate surface area is 194 Å². The van der Waals surface area contributed by atoms with Gasteiger partial charge in [0.15, 0.2) is 5.13 Å². The predicted octanol–water partition coefficient (Wildman–Crippen LogP) is 7.24. The third-order valence-electron chi connectivity index (χ3n) is 5.17. The maximum Gasteiger partial charge on any atom is 0.258 e. The average Bonchev–Trinajstić information content (AvgIpc) is 3.19. The molecular formula is C26H18ClN3OS. The van der Waals surface area contributed by atoms with Crippen molar-refractivity contribution in [3.05, 3.63) is 100 Å². The second-order valence-electron chi connectivity index (χ2n) is 7.32. The Morgan fingerprint density at radius 1 is 0.875 bits per heavy atom. The van der Waals surface area contributed by atoms with Crippen molar-refractivity contribution in [1.82, 2.24) is 9.97 Å². The van der Waals surface area contributed by atoms with Crippen molar-refractivity contribution in [3.8, 4) is 22.5 Å². The summed E-state index contributed by atoms with van der Waals surface area (Å²) in [4.78, 5) is 23.8. The Morgan fingerprint density at radius 2 is 1.59 bits per heavy atom. The molecule has 32 heavy (non-hydrogen) atoms. The number of halogens is 1. The molecule has 5 aromatic rings. The molecule has 5 rings (SSSR count). The van der Waals surface area contributed by atoms with Crippen molar-refractivity contribution >= 4 is 44.9 Å². The van der Waals surface area contributed by atoms with Crippen molar-refractivity contribution in [2.24, 2.45) is 0 Å². The minimum absolute atomic E-state index is 0.216. The van der Waals surface area contributed by atoms with Crippen LogP contribution >= 0.6 is 22.9 Å². The topological polar surface area (TPSA) is 54.9 Å². The minimum Gasteiger partial charge on any atom is -0.298 e. The molecule has 2 heterocycles. The van der Waals surface area contributed by atoms with Crippen LogP contribution in [0.25, 0.3) is 33.4 Å². The van der Waals surface area contributed by atoms with E-state index in [0.29, 0.717) is 21.4 Å². The molecule has 0 atom stereocenters. The van der Waals surface area contributed by atoms with Crippen LogP contribution in [-0.2, 0) is 0 Å². The number of rotatable bonds is 4. The second-order valence-corrected chi connectivity index (χ2v) is 8.96. The molecule has 0 spiro atoms. The molecule has 2 aromatic heterocycles. The van der Waals surface area contributed by atoms with Gasteiger partial charge in [0.25, 0.3) is 5.91 Å². The normalized spacial score (nSPS) is 10.9. The van der Waals surface area contributed by atoms with E-state index in [-0.39, 0.29) is 5.91 Å². The van der Waals surface area contributed by atoms with Gasteiger partial charge in [0.2, 0.25) is 0 Å². The van der Waals surface area contributed by atoms with E-state index < -0.39 is 0 Å². The number of carbonyl (C=O) groups excluding carboxylic acids is 1. The van der Waals surface area contributed by atoms with E-state index in [1.165, 1.54) is 11.3 Å². The van der Waals surface area contributed by atoms with Crippen molar-refractivity contribution in [2.75, 3.05) is 5.32 Å². The van der Waals surface area contributed by atoms with Crippen molar-refractivity contribution in [1.29, 1.82) is 0 Å². The Kier molecular flexibility index (Phi) is 5.43. The van der Waals surface area contributed by atoms with Crippen LogP contribution in [0, 0.1) is 6.92 Å². The molecule has 6 heteroatoms.